The van der Waals surface area contributed by atoms with Crippen LogP contribution in [0.25, 0.3) is 0 Å². The molecule has 5 nitrogen and oxygen atoms in total. The van der Waals surface area contributed by atoms with Gasteiger partial charge >= 0.3 is 0 Å². The summed E-state index contributed by atoms with van der Waals surface area (Å²) in [7, 11) is 0. The molecule has 1 atom stereocenters. The quantitative estimate of drug-likeness (QED) is 0.657. The molecule has 1 unspecified atom stereocenters. The maximum Gasteiger partial charge on any atom is 0.234 e. The highest BCUT2D eigenvalue weighted by molar-refractivity contribution is 5.78. The fourth-order valence-corrected chi connectivity index (χ4v) is 2.51. The van der Waals surface area contributed by atoms with E-state index in [1.807, 2.05) is 13.8 Å². The van der Waals surface area contributed by atoms with Crippen LogP contribution in [0.4, 0.5) is 0 Å². The zero-order valence-electron chi connectivity index (χ0n) is 12.9. The van der Waals surface area contributed by atoms with Crippen LogP contribution in [0.2, 0.25) is 0 Å². The molecule has 5 heteroatoms. The third-order valence-electron chi connectivity index (χ3n) is 3.65. The average molecular weight is 286 g/mol. The molecule has 0 aliphatic carbocycles. The summed E-state index contributed by atoms with van der Waals surface area (Å²) in [5.41, 5.74) is 0. The molecular formula is C15H30N2O3. The Hall–Kier alpha value is -0.650. The molecule has 2 N–H and O–H groups in total. The summed E-state index contributed by atoms with van der Waals surface area (Å²) in [4.78, 5) is 14.0. The van der Waals surface area contributed by atoms with E-state index in [2.05, 4.69) is 10.2 Å². The lowest BCUT2D eigenvalue weighted by molar-refractivity contribution is -0.123. The normalized spacial score (nSPS) is 20.9. The zero-order valence-corrected chi connectivity index (χ0v) is 12.9. The van der Waals surface area contributed by atoms with Gasteiger partial charge in [-0.15, -0.1) is 0 Å². The van der Waals surface area contributed by atoms with Crippen molar-refractivity contribution in [3.8, 4) is 0 Å². The molecule has 1 heterocycles. The topological polar surface area (TPSA) is 61.8 Å². The molecule has 0 aromatic carbocycles. The van der Waals surface area contributed by atoms with Crippen molar-refractivity contribution >= 4 is 5.91 Å². The lowest BCUT2D eigenvalue weighted by Crippen LogP contribution is -2.44. The molecular weight excluding hydrogens is 256 g/mol. The summed E-state index contributed by atoms with van der Waals surface area (Å²) >= 11 is 0. The first-order chi connectivity index (χ1) is 9.63. The summed E-state index contributed by atoms with van der Waals surface area (Å²) in [6, 6.07) is 0.146. The second-order valence-electron chi connectivity index (χ2n) is 5.78. The minimum absolute atomic E-state index is 0.0508. The first-order valence-corrected chi connectivity index (χ1v) is 7.86. The van der Waals surface area contributed by atoms with Crippen LogP contribution in [0.5, 0.6) is 0 Å². The number of carbonyl (C=O) groups is 1. The largest absolute Gasteiger partial charge is 0.395 e. The first kappa shape index (κ1) is 17.4. The molecule has 1 aliphatic rings. The van der Waals surface area contributed by atoms with Crippen LogP contribution in [0.3, 0.4) is 0 Å². The molecule has 0 aromatic rings. The van der Waals surface area contributed by atoms with Gasteiger partial charge in [0.1, 0.15) is 0 Å². The number of hydrogen-bond acceptors (Lipinski definition) is 4. The van der Waals surface area contributed by atoms with Gasteiger partial charge in [-0.05, 0) is 39.7 Å². The Bertz CT molecular complexity index is 272. The van der Waals surface area contributed by atoms with Gasteiger partial charge in [0.05, 0.1) is 19.3 Å². The average Bonchev–Trinajstić information content (AvgIpc) is 2.63. The third kappa shape index (κ3) is 7.22. The van der Waals surface area contributed by atoms with Gasteiger partial charge in [0, 0.05) is 19.2 Å². The summed E-state index contributed by atoms with van der Waals surface area (Å²) in [5, 5.41) is 12.3. The van der Waals surface area contributed by atoms with Gasteiger partial charge in [-0.3, -0.25) is 9.69 Å². The van der Waals surface area contributed by atoms with Gasteiger partial charge in [-0.25, -0.2) is 0 Å². The predicted molar refractivity (Wildman–Crippen MR) is 79.6 cm³/mol. The van der Waals surface area contributed by atoms with E-state index in [0.29, 0.717) is 19.7 Å². The molecule has 20 heavy (non-hydrogen) atoms. The van der Waals surface area contributed by atoms with Crippen molar-refractivity contribution in [1.29, 1.82) is 0 Å². The number of amides is 1. The van der Waals surface area contributed by atoms with E-state index in [0.717, 1.165) is 32.2 Å². The van der Waals surface area contributed by atoms with Crippen molar-refractivity contribution in [2.75, 3.05) is 32.8 Å². The number of aliphatic hydroxyl groups is 1. The van der Waals surface area contributed by atoms with Gasteiger partial charge in [0.15, 0.2) is 0 Å². The number of nitrogens with one attached hydrogen (secondary N) is 1. The van der Waals surface area contributed by atoms with Crippen molar-refractivity contribution in [3.05, 3.63) is 0 Å². The number of ether oxygens (including phenoxy) is 1. The van der Waals surface area contributed by atoms with Crippen LogP contribution in [0.15, 0.2) is 0 Å². The highest BCUT2D eigenvalue weighted by Crippen LogP contribution is 2.15. The second kappa shape index (κ2) is 10.1. The minimum atomic E-state index is 0.0508. The fourth-order valence-electron chi connectivity index (χ4n) is 2.51. The van der Waals surface area contributed by atoms with Gasteiger partial charge in [0.2, 0.25) is 5.91 Å². The molecule has 1 fully saturated rings. The lowest BCUT2D eigenvalue weighted by atomic mass is 10.1. The Kier molecular flexibility index (Phi) is 8.82. The number of aliphatic hydroxyl groups excluding tert-OH is 1. The van der Waals surface area contributed by atoms with Crippen molar-refractivity contribution in [2.45, 2.75) is 58.1 Å². The number of rotatable bonds is 8. The summed E-state index contributed by atoms with van der Waals surface area (Å²) in [5.74, 6) is 0.0508. The van der Waals surface area contributed by atoms with Crippen LogP contribution in [-0.2, 0) is 9.53 Å². The monoisotopic (exact) mass is 286 g/mol. The molecule has 0 aromatic heterocycles. The Balaban J connectivity index is 2.19. The molecule has 1 rings (SSSR count). The molecule has 0 radical (unpaired) electrons. The predicted octanol–water partition coefficient (Wildman–Crippen LogP) is 1.15. The highest BCUT2D eigenvalue weighted by Gasteiger charge is 2.21. The Morgan fingerprint density at radius 2 is 2.20 bits per heavy atom. The Morgan fingerprint density at radius 1 is 1.40 bits per heavy atom. The number of hydrogen-bond donors (Lipinski definition) is 2. The van der Waals surface area contributed by atoms with Crippen LogP contribution < -0.4 is 5.32 Å². The van der Waals surface area contributed by atoms with Crippen molar-refractivity contribution < 1.29 is 14.6 Å². The van der Waals surface area contributed by atoms with E-state index in [4.69, 9.17) is 4.74 Å². The van der Waals surface area contributed by atoms with Crippen molar-refractivity contribution in [1.82, 2.24) is 10.2 Å². The van der Waals surface area contributed by atoms with Crippen LogP contribution in [-0.4, -0.2) is 60.9 Å². The van der Waals surface area contributed by atoms with E-state index >= 15 is 0 Å². The van der Waals surface area contributed by atoms with E-state index in [1.54, 1.807) is 0 Å². The minimum Gasteiger partial charge on any atom is -0.395 e. The molecule has 1 aliphatic heterocycles. The summed E-state index contributed by atoms with van der Waals surface area (Å²) < 4.78 is 5.43. The molecule has 0 bridgehead atoms. The molecule has 0 saturated carbocycles. The molecule has 1 saturated heterocycles. The van der Waals surface area contributed by atoms with E-state index in [1.165, 1.54) is 6.42 Å². The summed E-state index contributed by atoms with van der Waals surface area (Å²) in [6.45, 7) is 6.81. The van der Waals surface area contributed by atoms with Gasteiger partial charge in [-0.2, -0.15) is 0 Å². The highest BCUT2D eigenvalue weighted by atomic mass is 16.5. The third-order valence-corrected chi connectivity index (χ3v) is 3.65. The van der Waals surface area contributed by atoms with Crippen molar-refractivity contribution in [2.24, 2.45) is 0 Å². The molecule has 118 valence electrons. The first-order valence-electron chi connectivity index (χ1n) is 7.86. The van der Waals surface area contributed by atoms with E-state index < -0.39 is 0 Å². The maximum atomic E-state index is 11.9. The Labute approximate surface area is 122 Å². The fraction of sp³-hybridized carbons (Fsp3) is 0.933. The number of carbonyl (C=O) groups excluding carboxylic acids is 1. The number of likely N-dealkylation sites (tertiary alicyclic amines) is 1. The molecule has 0 spiro atoms. The second-order valence-corrected chi connectivity index (χ2v) is 5.78. The van der Waals surface area contributed by atoms with E-state index in [9.17, 15) is 9.90 Å². The zero-order chi connectivity index (χ0) is 14.8. The van der Waals surface area contributed by atoms with Crippen LogP contribution in [0.1, 0.15) is 46.0 Å². The maximum absolute atomic E-state index is 11.9. The lowest BCUT2D eigenvalue weighted by Gasteiger charge is -2.27. The smallest absolute Gasteiger partial charge is 0.234 e. The van der Waals surface area contributed by atoms with Crippen LogP contribution in [0, 0.1) is 0 Å². The SMILES string of the molecule is CC(C)OCCCNC(=O)CN1CCCCCC1CO. The molecule has 1 amide bonds. The van der Waals surface area contributed by atoms with Crippen molar-refractivity contribution in [3.63, 3.8) is 0 Å². The van der Waals surface area contributed by atoms with Gasteiger partial charge < -0.3 is 15.2 Å². The Morgan fingerprint density at radius 3 is 2.90 bits per heavy atom. The van der Waals surface area contributed by atoms with Gasteiger partial charge in [0.25, 0.3) is 0 Å². The number of nitrogens with zero attached hydrogens (tertiary/aromatic N) is 1. The standard InChI is InChI=1S/C15H30N2O3/c1-13(2)20-10-6-8-16-15(19)11-17-9-5-3-4-7-14(17)12-18/h13-14,18H,3-12H2,1-2H3,(H,16,19). The van der Waals surface area contributed by atoms with Gasteiger partial charge in [-0.1, -0.05) is 12.8 Å². The van der Waals surface area contributed by atoms with E-state index in [-0.39, 0.29) is 24.7 Å². The summed E-state index contributed by atoms with van der Waals surface area (Å²) in [6.07, 6.45) is 5.54. The van der Waals surface area contributed by atoms with Crippen LogP contribution >= 0.6 is 0 Å².